The zero-order valence-corrected chi connectivity index (χ0v) is 17.0. The second kappa shape index (κ2) is 10.4. The number of halogens is 2. The van der Waals surface area contributed by atoms with E-state index in [1.54, 1.807) is 36.4 Å². The molecule has 1 N–H and O–H groups in total. The Morgan fingerprint density at radius 2 is 1.83 bits per heavy atom. The average molecular weight is 427 g/mol. The van der Waals surface area contributed by atoms with Crippen molar-refractivity contribution in [3.05, 3.63) is 94.3 Å². The van der Waals surface area contributed by atoms with Crippen molar-refractivity contribution in [1.82, 2.24) is 5.43 Å². The molecule has 0 aromatic heterocycles. The number of carbonyl (C=O) groups is 1. The molecule has 0 spiro atoms. The van der Waals surface area contributed by atoms with Gasteiger partial charge in [0, 0.05) is 5.02 Å². The summed E-state index contributed by atoms with van der Waals surface area (Å²) in [7, 11) is 0. The van der Waals surface area contributed by atoms with Crippen LogP contribution in [0.3, 0.4) is 0 Å². The number of ether oxygens (including phenoxy) is 2. The van der Waals surface area contributed by atoms with Crippen molar-refractivity contribution in [2.24, 2.45) is 5.10 Å². The lowest BCUT2D eigenvalue weighted by Gasteiger charge is -2.12. The zero-order valence-electron chi connectivity index (χ0n) is 16.3. The third-order valence-electron chi connectivity index (χ3n) is 4.07. The molecule has 30 heavy (non-hydrogen) atoms. The summed E-state index contributed by atoms with van der Waals surface area (Å²) in [6.45, 7) is 2.70. The zero-order chi connectivity index (χ0) is 21.3. The number of nitrogens with zero attached hydrogens (tertiary/aromatic N) is 1. The highest BCUT2D eigenvalue weighted by Gasteiger charge is 2.10. The molecular weight excluding hydrogens is 407 g/mol. The van der Waals surface area contributed by atoms with E-state index < -0.39 is 11.7 Å². The molecule has 154 valence electrons. The second-order valence-electron chi connectivity index (χ2n) is 6.23. The van der Waals surface area contributed by atoms with Crippen LogP contribution >= 0.6 is 11.6 Å². The average Bonchev–Trinajstić information content (AvgIpc) is 2.75. The van der Waals surface area contributed by atoms with Gasteiger partial charge in [-0.2, -0.15) is 5.10 Å². The first-order valence-corrected chi connectivity index (χ1v) is 9.66. The van der Waals surface area contributed by atoms with Crippen molar-refractivity contribution in [3.8, 4) is 11.5 Å². The summed E-state index contributed by atoms with van der Waals surface area (Å²) in [4.78, 5) is 12.0. The number of hydrogen-bond donors (Lipinski definition) is 1. The minimum Gasteiger partial charge on any atom is -0.490 e. The number of hydrogen-bond acceptors (Lipinski definition) is 4. The molecule has 5 nitrogen and oxygen atoms in total. The number of benzene rings is 3. The predicted octanol–water partition coefficient (Wildman–Crippen LogP) is 5.22. The molecular formula is C23H20ClFN2O3. The lowest BCUT2D eigenvalue weighted by Crippen LogP contribution is -2.18. The first-order valence-electron chi connectivity index (χ1n) is 9.29. The van der Waals surface area contributed by atoms with Crippen LogP contribution in [-0.2, 0) is 6.61 Å². The molecule has 0 aliphatic heterocycles. The Labute approximate surface area is 179 Å². The van der Waals surface area contributed by atoms with Crippen molar-refractivity contribution >= 4 is 23.7 Å². The standard InChI is InChI=1S/C23H20ClFN2O3/c1-2-29-22-13-17(14-26-27-23(28)19-5-3-4-6-20(19)25)9-12-21(22)30-15-16-7-10-18(24)11-8-16/h3-14H,2,15H2,1H3,(H,27,28). The Morgan fingerprint density at radius 3 is 2.57 bits per heavy atom. The third kappa shape index (κ3) is 5.81. The van der Waals surface area contributed by atoms with Gasteiger partial charge in [0.1, 0.15) is 12.4 Å². The molecule has 3 aromatic rings. The van der Waals surface area contributed by atoms with Gasteiger partial charge in [0.15, 0.2) is 11.5 Å². The summed E-state index contributed by atoms with van der Waals surface area (Å²) in [6, 6.07) is 18.4. The first-order chi connectivity index (χ1) is 14.6. The number of rotatable bonds is 8. The van der Waals surface area contributed by atoms with Gasteiger partial charge < -0.3 is 9.47 Å². The molecule has 3 aromatic carbocycles. The largest absolute Gasteiger partial charge is 0.490 e. The number of hydrazone groups is 1. The molecule has 3 rings (SSSR count). The van der Waals surface area contributed by atoms with Crippen LogP contribution in [0.1, 0.15) is 28.4 Å². The summed E-state index contributed by atoms with van der Waals surface area (Å²) >= 11 is 5.90. The molecule has 0 saturated carbocycles. The molecule has 0 unspecified atom stereocenters. The Morgan fingerprint density at radius 1 is 1.07 bits per heavy atom. The summed E-state index contributed by atoms with van der Waals surface area (Å²) in [5.41, 5.74) is 3.90. The number of amides is 1. The molecule has 7 heteroatoms. The van der Waals surface area contributed by atoms with Gasteiger partial charge in [0.05, 0.1) is 18.4 Å². The van der Waals surface area contributed by atoms with E-state index in [0.717, 1.165) is 5.56 Å². The van der Waals surface area contributed by atoms with Crippen LogP contribution in [0.5, 0.6) is 11.5 Å². The quantitative estimate of drug-likeness (QED) is 0.397. The van der Waals surface area contributed by atoms with Crippen molar-refractivity contribution < 1.29 is 18.7 Å². The van der Waals surface area contributed by atoms with Crippen molar-refractivity contribution in [1.29, 1.82) is 0 Å². The minimum absolute atomic E-state index is 0.0735. The van der Waals surface area contributed by atoms with E-state index >= 15 is 0 Å². The van der Waals surface area contributed by atoms with E-state index in [0.29, 0.717) is 35.3 Å². The second-order valence-corrected chi connectivity index (χ2v) is 6.67. The van der Waals surface area contributed by atoms with E-state index in [1.807, 2.05) is 19.1 Å². The van der Waals surface area contributed by atoms with Gasteiger partial charge in [0.25, 0.3) is 5.91 Å². The van der Waals surface area contributed by atoms with Gasteiger partial charge >= 0.3 is 0 Å². The topological polar surface area (TPSA) is 59.9 Å². The van der Waals surface area contributed by atoms with E-state index in [9.17, 15) is 9.18 Å². The molecule has 0 atom stereocenters. The molecule has 0 radical (unpaired) electrons. The maximum Gasteiger partial charge on any atom is 0.274 e. The van der Waals surface area contributed by atoms with E-state index in [1.165, 1.54) is 24.4 Å². The lowest BCUT2D eigenvalue weighted by atomic mass is 10.2. The van der Waals surface area contributed by atoms with Crippen LogP contribution in [0.25, 0.3) is 0 Å². The third-order valence-corrected chi connectivity index (χ3v) is 4.33. The van der Waals surface area contributed by atoms with Gasteiger partial charge in [-0.05, 0) is 60.5 Å². The van der Waals surface area contributed by atoms with Crippen molar-refractivity contribution in [3.63, 3.8) is 0 Å². The van der Waals surface area contributed by atoms with Gasteiger partial charge in [-0.15, -0.1) is 0 Å². The lowest BCUT2D eigenvalue weighted by molar-refractivity contribution is 0.0951. The SMILES string of the molecule is CCOc1cc(C=NNC(=O)c2ccccc2F)ccc1OCc1ccc(Cl)cc1. The molecule has 0 saturated heterocycles. The van der Waals surface area contributed by atoms with Crippen LogP contribution in [-0.4, -0.2) is 18.7 Å². The highest BCUT2D eigenvalue weighted by atomic mass is 35.5. The number of carbonyl (C=O) groups excluding carboxylic acids is 1. The van der Waals surface area contributed by atoms with Crippen molar-refractivity contribution in [2.75, 3.05) is 6.61 Å². The predicted molar refractivity (Wildman–Crippen MR) is 115 cm³/mol. The van der Waals surface area contributed by atoms with Gasteiger partial charge in [0.2, 0.25) is 0 Å². The fourth-order valence-electron chi connectivity index (χ4n) is 2.61. The summed E-state index contributed by atoms with van der Waals surface area (Å²) in [6.07, 6.45) is 1.45. The Hall–Kier alpha value is -3.38. The highest BCUT2D eigenvalue weighted by Crippen LogP contribution is 2.29. The monoisotopic (exact) mass is 426 g/mol. The summed E-state index contributed by atoms with van der Waals surface area (Å²) in [5, 5.41) is 4.56. The van der Waals surface area contributed by atoms with Crippen LogP contribution in [0.4, 0.5) is 4.39 Å². The molecule has 0 aliphatic carbocycles. The molecule has 1 amide bonds. The number of nitrogens with one attached hydrogen (secondary N) is 1. The highest BCUT2D eigenvalue weighted by molar-refractivity contribution is 6.30. The van der Waals surface area contributed by atoms with E-state index in [4.69, 9.17) is 21.1 Å². The van der Waals surface area contributed by atoms with Crippen molar-refractivity contribution in [2.45, 2.75) is 13.5 Å². The fourth-order valence-corrected chi connectivity index (χ4v) is 2.73. The smallest absolute Gasteiger partial charge is 0.274 e. The van der Waals surface area contributed by atoms with E-state index in [-0.39, 0.29) is 5.56 Å². The first kappa shape index (κ1) is 21.3. The van der Waals surface area contributed by atoms with Crippen LogP contribution in [0.2, 0.25) is 5.02 Å². The molecule has 0 aliphatic rings. The minimum atomic E-state index is -0.628. The molecule has 0 bridgehead atoms. The van der Waals surface area contributed by atoms with Gasteiger partial charge in [-0.1, -0.05) is 35.9 Å². The summed E-state index contributed by atoms with van der Waals surface area (Å²) < 4.78 is 25.2. The maximum atomic E-state index is 13.6. The normalized spacial score (nSPS) is 10.8. The van der Waals surface area contributed by atoms with Gasteiger partial charge in [-0.3, -0.25) is 4.79 Å². The Bertz CT molecular complexity index is 1040. The van der Waals surface area contributed by atoms with E-state index in [2.05, 4.69) is 10.5 Å². The summed E-state index contributed by atoms with van der Waals surface area (Å²) in [5.74, 6) is -0.0986. The van der Waals surface area contributed by atoms with Crippen LogP contribution in [0, 0.1) is 5.82 Å². The molecule has 0 fully saturated rings. The van der Waals surface area contributed by atoms with Crippen LogP contribution in [0.15, 0.2) is 71.8 Å². The van der Waals surface area contributed by atoms with Crippen LogP contribution < -0.4 is 14.9 Å². The maximum absolute atomic E-state index is 13.6. The Kier molecular flexibility index (Phi) is 7.40. The Balaban J connectivity index is 1.66. The fraction of sp³-hybridized carbons (Fsp3) is 0.130. The van der Waals surface area contributed by atoms with Gasteiger partial charge in [-0.25, -0.2) is 9.82 Å². The molecule has 0 heterocycles.